The van der Waals surface area contributed by atoms with Crippen LogP contribution in [0.4, 0.5) is 0 Å². The number of carboxylic acids is 1. The maximum atomic E-state index is 11.8. The number of hydrogen-bond acceptors (Lipinski definition) is 4. The molecule has 17 heavy (non-hydrogen) atoms. The Balaban J connectivity index is 4.43. The molecule has 0 aromatic carbocycles. The highest BCUT2D eigenvalue weighted by molar-refractivity contribution is 5.85. The van der Waals surface area contributed by atoms with Crippen molar-refractivity contribution in [1.82, 2.24) is 4.90 Å². The molecule has 0 heterocycles. The van der Waals surface area contributed by atoms with Crippen molar-refractivity contribution in [2.45, 2.75) is 45.4 Å². The number of nitrogens with zero attached hydrogens (tertiary/aromatic N) is 1. The van der Waals surface area contributed by atoms with Gasteiger partial charge in [0.1, 0.15) is 12.6 Å². The first kappa shape index (κ1) is 15.9. The van der Waals surface area contributed by atoms with Crippen molar-refractivity contribution >= 4 is 11.9 Å². The Morgan fingerprint density at radius 3 is 2.24 bits per heavy atom. The summed E-state index contributed by atoms with van der Waals surface area (Å²) in [5.74, 6) is -1.51. The number of aliphatic carboxylic acids is 1. The van der Waals surface area contributed by atoms with Gasteiger partial charge in [0.25, 0.3) is 0 Å². The Labute approximate surface area is 102 Å². The van der Waals surface area contributed by atoms with Crippen LogP contribution in [0.15, 0.2) is 0 Å². The first-order valence-electron chi connectivity index (χ1n) is 5.44. The minimum absolute atomic E-state index is 0.366. The summed E-state index contributed by atoms with van der Waals surface area (Å²) in [6.45, 7) is 6.92. The molecule has 6 nitrogen and oxygen atoms in total. The summed E-state index contributed by atoms with van der Waals surface area (Å²) < 4.78 is 5.56. The molecule has 0 saturated heterocycles. The van der Waals surface area contributed by atoms with Gasteiger partial charge in [0, 0.05) is 7.05 Å². The summed E-state index contributed by atoms with van der Waals surface area (Å²) in [6, 6.07) is -0.862. The van der Waals surface area contributed by atoms with E-state index in [9.17, 15) is 9.59 Å². The first-order valence-corrected chi connectivity index (χ1v) is 5.44. The number of rotatable bonds is 5. The smallest absolute Gasteiger partial charge is 0.323 e. The fourth-order valence-corrected chi connectivity index (χ4v) is 1.37. The second kappa shape index (κ2) is 5.97. The predicted octanol–water partition coefficient (Wildman–Crippen LogP) is 0.0603. The summed E-state index contributed by atoms with van der Waals surface area (Å²) in [4.78, 5) is 23.3. The third kappa shape index (κ3) is 6.23. The van der Waals surface area contributed by atoms with Crippen LogP contribution in [0.2, 0.25) is 0 Å². The summed E-state index contributed by atoms with van der Waals surface area (Å²) in [5.41, 5.74) is 5.34. The molecule has 1 amide bonds. The van der Waals surface area contributed by atoms with Gasteiger partial charge in [-0.05, 0) is 27.7 Å². The topological polar surface area (TPSA) is 92.9 Å². The molecule has 0 saturated carbocycles. The largest absolute Gasteiger partial charge is 0.480 e. The van der Waals surface area contributed by atoms with Crippen molar-refractivity contribution < 1.29 is 19.4 Å². The fraction of sp³-hybridized carbons (Fsp3) is 0.818. The lowest BCUT2D eigenvalue weighted by Crippen LogP contribution is -2.51. The number of nitrogens with two attached hydrogens (primary N) is 1. The summed E-state index contributed by atoms with van der Waals surface area (Å²) in [5, 5.41) is 8.57. The molecule has 0 aliphatic heterocycles. The lowest BCUT2D eigenvalue weighted by Gasteiger charge is -2.30. The van der Waals surface area contributed by atoms with Crippen molar-refractivity contribution in [3.63, 3.8) is 0 Å². The molecule has 6 heteroatoms. The maximum Gasteiger partial charge on any atom is 0.323 e. The SMILES string of the molecule is C[C@@H](OC(C)(C)C)[C@H](N)C(=O)N(C)CC(=O)O. The zero-order chi connectivity index (χ0) is 13.8. The van der Waals surface area contributed by atoms with Crippen LogP contribution >= 0.6 is 0 Å². The van der Waals surface area contributed by atoms with E-state index in [1.165, 1.54) is 7.05 Å². The first-order chi connectivity index (χ1) is 7.54. The van der Waals surface area contributed by atoms with E-state index in [4.69, 9.17) is 15.6 Å². The van der Waals surface area contributed by atoms with Crippen LogP contribution in [0.1, 0.15) is 27.7 Å². The number of carbonyl (C=O) groups excluding carboxylic acids is 1. The lowest BCUT2D eigenvalue weighted by molar-refractivity contribution is -0.147. The summed E-state index contributed by atoms with van der Waals surface area (Å²) in [6.07, 6.45) is -0.473. The average Bonchev–Trinajstić information content (AvgIpc) is 2.11. The Hall–Kier alpha value is -1.14. The molecule has 100 valence electrons. The molecule has 0 rings (SSSR count). The van der Waals surface area contributed by atoms with E-state index in [0.29, 0.717) is 0 Å². The normalized spacial score (nSPS) is 15.2. The third-order valence-electron chi connectivity index (χ3n) is 2.08. The zero-order valence-electron chi connectivity index (χ0n) is 11.1. The van der Waals surface area contributed by atoms with Crippen molar-refractivity contribution in [3.8, 4) is 0 Å². The molecular weight excluding hydrogens is 224 g/mol. The van der Waals surface area contributed by atoms with Crippen molar-refractivity contribution in [1.29, 1.82) is 0 Å². The number of likely N-dealkylation sites (N-methyl/N-ethyl adjacent to an activating group) is 1. The third-order valence-corrected chi connectivity index (χ3v) is 2.08. The standard InChI is InChI=1S/C11H22N2O4/c1-7(17-11(2,3)4)9(12)10(16)13(5)6-8(14)15/h7,9H,6,12H2,1-5H3,(H,14,15)/t7-,9+/m1/s1. The average molecular weight is 246 g/mol. The number of amides is 1. The van der Waals surface area contributed by atoms with E-state index in [2.05, 4.69) is 0 Å². The predicted molar refractivity (Wildman–Crippen MR) is 63.5 cm³/mol. The molecule has 0 unspecified atom stereocenters. The Bertz CT molecular complexity index is 286. The van der Waals surface area contributed by atoms with Crippen LogP contribution in [0.3, 0.4) is 0 Å². The van der Waals surface area contributed by atoms with Crippen molar-refractivity contribution in [3.05, 3.63) is 0 Å². The maximum absolute atomic E-state index is 11.8. The second-order valence-electron chi connectivity index (χ2n) is 5.05. The Kier molecular flexibility index (Phi) is 5.57. The van der Waals surface area contributed by atoms with E-state index in [0.717, 1.165) is 4.90 Å². The van der Waals surface area contributed by atoms with E-state index >= 15 is 0 Å². The van der Waals surface area contributed by atoms with Crippen molar-refractivity contribution in [2.24, 2.45) is 5.73 Å². The second-order valence-corrected chi connectivity index (χ2v) is 5.05. The molecule has 0 aromatic rings. The van der Waals surface area contributed by atoms with Gasteiger partial charge in [0.2, 0.25) is 5.91 Å². The van der Waals surface area contributed by atoms with Crippen LogP contribution in [0, 0.1) is 0 Å². The molecule has 0 bridgehead atoms. The summed E-state index contributed by atoms with van der Waals surface area (Å²) in [7, 11) is 1.40. The van der Waals surface area contributed by atoms with Crippen LogP contribution < -0.4 is 5.73 Å². The molecule has 0 radical (unpaired) electrons. The quantitative estimate of drug-likeness (QED) is 0.715. The van der Waals surface area contributed by atoms with E-state index in [1.807, 2.05) is 20.8 Å². The molecule has 0 aliphatic carbocycles. The molecule has 3 N–H and O–H groups in total. The molecular formula is C11H22N2O4. The van der Waals surface area contributed by atoms with E-state index in [1.54, 1.807) is 6.92 Å². The van der Waals surface area contributed by atoms with Gasteiger partial charge in [-0.1, -0.05) is 0 Å². The monoisotopic (exact) mass is 246 g/mol. The van der Waals surface area contributed by atoms with E-state index in [-0.39, 0.29) is 6.54 Å². The molecule has 0 spiro atoms. The Morgan fingerprint density at radius 1 is 1.41 bits per heavy atom. The number of carbonyl (C=O) groups is 2. The highest BCUT2D eigenvalue weighted by Gasteiger charge is 2.28. The van der Waals surface area contributed by atoms with Crippen LogP contribution in [0.5, 0.6) is 0 Å². The van der Waals surface area contributed by atoms with Gasteiger partial charge in [0.05, 0.1) is 11.7 Å². The minimum atomic E-state index is -1.07. The van der Waals surface area contributed by atoms with Gasteiger partial charge < -0.3 is 20.5 Å². The van der Waals surface area contributed by atoms with Crippen LogP contribution in [-0.4, -0.2) is 53.2 Å². The molecule has 0 aliphatic rings. The minimum Gasteiger partial charge on any atom is -0.480 e. The van der Waals surface area contributed by atoms with E-state index < -0.39 is 29.6 Å². The van der Waals surface area contributed by atoms with Gasteiger partial charge in [-0.2, -0.15) is 0 Å². The van der Waals surface area contributed by atoms with Gasteiger partial charge in [-0.15, -0.1) is 0 Å². The van der Waals surface area contributed by atoms with Gasteiger partial charge in [0.15, 0.2) is 0 Å². The molecule has 2 atom stereocenters. The van der Waals surface area contributed by atoms with Crippen molar-refractivity contribution in [2.75, 3.05) is 13.6 Å². The van der Waals surface area contributed by atoms with Gasteiger partial charge in [-0.3, -0.25) is 9.59 Å². The lowest BCUT2D eigenvalue weighted by atomic mass is 10.1. The summed E-state index contributed by atoms with van der Waals surface area (Å²) >= 11 is 0. The molecule has 0 aromatic heterocycles. The number of carboxylic acid groups (broad SMARTS) is 1. The van der Waals surface area contributed by atoms with Gasteiger partial charge in [-0.25, -0.2) is 0 Å². The Morgan fingerprint density at radius 2 is 1.88 bits per heavy atom. The highest BCUT2D eigenvalue weighted by atomic mass is 16.5. The fourth-order valence-electron chi connectivity index (χ4n) is 1.37. The number of ether oxygens (including phenoxy) is 1. The van der Waals surface area contributed by atoms with Gasteiger partial charge >= 0.3 is 5.97 Å². The molecule has 0 fully saturated rings. The van der Waals surface area contributed by atoms with Crippen LogP contribution in [-0.2, 0) is 14.3 Å². The highest BCUT2D eigenvalue weighted by Crippen LogP contribution is 2.13. The zero-order valence-corrected chi connectivity index (χ0v) is 11.1. The van der Waals surface area contributed by atoms with Crippen LogP contribution in [0.25, 0.3) is 0 Å². The number of hydrogen-bond donors (Lipinski definition) is 2.